The highest BCUT2D eigenvalue weighted by Gasteiger charge is 2.20. The molecule has 0 unspecified atom stereocenters. The van der Waals surface area contributed by atoms with Gasteiger partial charge in [-0.15, -0.1) is 0 Å². The van der Waals surface area contributed by atoms with Gasteiger partial charge in [0.25, 0.3) is 0 Å². The highest BCUT2D eigenvalue weighted by atomic mass is 16.7. The van der Waals surface area contributed by atoms with Gasteiger partial charge in [0.1, 0.15) is 0 Å². The van der Waals surface area contributed by atoms with E-state index in [0.717, 1.165) is 17.1 Å². The number of rotatable bonds is 8. The smallest absolute Gasteiger partial charge is 0.306 e. The van der Waals surface area contributed by atoms with Crippen molar-refractivity contribution in [1.82, 2.24) is 4.57 Å². The standard InChI is InChI=1S/C25H23NO6/c1-16-12-20(17(2)26(16)19-8-10-23-24(13-19)32-15-31-23)22(28)14-30-25(29)11-9-21(27)18-6-4-3-5-7-18/h3-8,10,12-13H,9,11,14-15H2,1-2H3. The van der Waals surface area contributed by atoms with Gasteiger partial charge in [-0.1, -0.05) is 30.3 Å². The second-order valence-corrected chi connectivity index (χ2v) is 7.53. The Morgan fingerprint density at radius 1 is 0.906 bits per heavy atom. The normalized spacial score (nSPS) is 11.9. The second-order valence-electron chi connectivity index (χ2n) is 7.53. The van der Waals surface area contributed by atoms with Crippen LogP contribution in [0.25, 0.3) is 5.69 Å². The Bertz CT molecular complexity index is 1180. The van der Waals surface area contributed by atoms with Crippen LogP contribution in [0.4, 0.5) is 0 Å². The van der Waals surface area contributed by atoms with Crippen molar-refractivity contribution >= 4 is 17.5 Å². The highest BCUT2D eigenvalue weighted by Crippen LogP contribution is 2.34. The van der Waals surface area contributed by atoms with Crippen LogP contribution in [-0.2, 0) is 9.53 Å². The van der Waals surface area contributed by atoms with Crippen molar-refractivity contribution in [3.8, 4) is 17.2 Å². The van der Waals surface area contributed by atoms with Crippen molar-refractivity contribution < 1.29 is 28.6 Å². The number of hydrogen-bond acceptors (Lipinski definition) is 6. The van der Waals surface area contributed by atoms with Gasteiger partial charge in [-0.3, -0.25) is 14.4 Å². The minimum atomic E-state index is -0.577. The summed E-state index contributed by atoms with van der Waals surface area (Å²) in [7, 11) is 0. The van der Waals surface area contributed by atoms with Crippen LogP contribution in [-0.4, -0.2) is 35.5 Å². The van der Waals surface area contributed by atoms with Crippen LogP contribution < -0.4 is 9.47 Å². The van der Waals surface area contributed by atoms with Crippen molar-refractivity contribution in [2.75, 3.05) is 13.4 Å². The predicted octanol–water partition coefficient (Wildman–Crippen LogP) is 4.21. The molecule has 0 bridgehead atoms. The van der Waals surface area contributed by atoms with Gasteiger partial charge in [0, 0.05) is 40.7 Å². The van der Waals surface area contributed by atoms with E-state index < -0.39 is 5.97 Å². The number of fused-ring (bicyclic) bond motifs is 1. The molecule has 0 saturated heterocycles. The van der Waals surface area contributed by atoms with E-state index in [-0.39, 0.29) is 37.8 Å². The fourth-order valence-corrected chi connectivity index (χ4v) is 3.75. The molecular weight excluding hydrogens is 410 g/mol. The average molecular weight is 433 g/mol. The van der Waals surface area contributed by atoms with E-state index in [2.05, 4.69) is 0 Å². The van der Waals surface area contributed by atoms with Crippen molar-refractivity contribution in [3.63, 3.8) is 0 Å². The van der Waals surface area contributed by atoms with Crippen LogP contribution >= 0.6 is 0 Å². The number of benzene rings is 2. The Balaban J connectivity index is 1.37. The predicted molar refractivity (Wildman–Crippen MR) is 117 cm³/mol. The van der Waals surface area contributed by atoms with Crippen molar-refractivity contribution in [1.29, 1.82) is 0 Å². The Morgan fingerprint density at radius 3 is 2.44 bits per heavy atom. The zero-order valence-corrected chi connectivity index (χ0v) is 17.9. The van der Waals surface area contributed by atoms with Crippen LogP contribution in [0.3, 0.4) is 0 Å². The quantitative estimate of drug-likeness (QED) is 0.391. The number of aryl methyl sites for hydroxylation is 1. The molecule has 0 fully saturated rings. The third-order valence-electron chi connectivity index (χ3n) is 5.36. The van der Waals surface area contributed by atoms with E-state index in [1.807, 2.05) is 42.7 Å². The Morgan fingerprint density at radius 2 is 1.66 bits per heavy atom. The summed E-state index contributed by atoms with van der Waals surface area (Å²) >= 11 is 0. The van der Waals surface area contributed by atoms with E-state index in [1.165, 1.54) is 0 Å². The van der Waals surface area contributed by atoms with Gasteiger partial charge in [0.15, 0.2) is 23.9 Å². The summed E-state index contributed by atoms with van der Waals surface area (Å²) in [5.74, 6) is 0.327. The first-order valence-corrected chi connectivity index (χ1v) is 10.3. The molecule has 4 rings (SSSR count). The molecule has 0 spiro atoms. The van der Waals surface area contributed by atoms with Crippen LogP contribution in [0.15, 0.2) is 54.6 Å². The lowest BCUT2D eigenvalue weighted by atomic mass is 10.1. The number of Topliss-reactive ketones (excluding diaryl/α,β-unsaturated/α-hetero) is 2. The Hall–Kier alpha value is -3.87. The van der Waals surface area contributed by atoms with Gasteiger partial charge >= 0.3 is 5.97 Å². The number of nitrogens with zero attached hydrogens (tertiary/aromatic N) is 1. The molecule has 1 aliphatic rings. The number of ether oxygens (including phenoxy) is 3. The molecule has 0 saturated carbocycles. The summed E-state index contributed by atoms with van der Waals surface area (Å²) in [6.07, 6.45) is -0.0348. The van der Waals surface area contributed by atoms with Crippen LogP contribution in [0.5, 0.6) is 11.5 Å². The molecular formula is C25H23NO6. The highest BCUT2D eigenvalue weighted by molar-refractivity contribution is 6.00. The van der Waals surface area contributed by atoms with Crippen LogP contribution in [0.1, 0.15) is 44.9 Å². The third-order valence-corrected chi connectivity index (χ3v) is 5.36. The average Bonchev–Trinajstić information content (AvgIpc) is 3.39. The number of aromatic nitrogens is 1. The van der Waals surface area contributed by atoms with Crippen molar-refractivity contribution in [2.45, 2.75) is 26.7 Å². The summed E-state index contributed by atoms with van der Waals surface area (Å²) < 4.78 is 17.9. The largest absolute Gasteiger partial charge is 0.457 e. The van der Waals surface area contributed by atoms with Gasteiger partial charge in [-0.05, 0) is 32.0 Å². The SMILES string of the molecule is Cc1cc(C(=O)COC(=O)CCC(=O)c2ccccc2)c(C)n1-c1ccc2c(c1)OCO2. The van der Waals surface area contributed by atoms with E-state index in [1.54, 1.807) is 30.3 Å². The van der Waals surface area contributed by atoms with Gasteiger partial charge < -0.3 is 18.8 Å². The molecule has 7 heteroatoms. The lowest BCUT2D eigenvalue weighted by Crippen LogP contribution is -2.15. The minimum absolute atomic E-state index is 0.0374. The molecule has 0 aliphatic carbocycles. The van der Waals surface area contributed by atoms with Gasteiger partial charge in [-0.2, -0.15) is 0 Å². The van der Waals surface area contributed by atoms with E-state index in [0.29, 0.717) is 22.6 Å². The fourth-order valence-electron chi connectivity index (χ4n) is 3.75. The first-order chi connectivity index (χ1) is 15.4. The Kier molecular flexibility index (Phi) is 6.07. The fraction of sp³-hybridized carbons (Fsp3) is 0.240. The lowest BCUT2D eigenvalue weighted by Gasteiger charge is -2.11. The topological polar surface area (TPSA) is 83.8 Å². The maximum absolute atomic E-state index is 12.7. The molecule has 2 heterocycles. The number of carbonyl (C=O) groups excluding carboxylic acids is 3. The monoisotopic (exact) mass is 433 g/mol. The van der Waals surface area contributed by atoms with Gasteiger partial charge in [0.2, 0.25) is 12.6 Å². The Labute approximate surface area is 185 Å². The third kappa shape index (κ3) is 4.42. The lowest BCUT2D eigenvalue weighted by molar-refractivity contribution is -0.142. The molecule has 32 heavy (non-hydrogen) atoms. The maximum Gasteiger partial charge on any atom is 0.306 e. The first-order valence-electron chi connectivity index (χ1n) is 10.3. The molecule has 164 valence electrons. The molecule has 7 nitrogen and oxygen atoms in total. The van der Waals surface area contributed by atoms with Crippen molar-refractivity contribution in [3.05, 3.63) is 77.1 Å². The van der Waals surface area contributed by atoms with E-state index >= 15 is 0 Å². The summed E-state index contributed by atoms with van der Waals surface area (Å²) in [6, 6.07) is 16.1. The molecule has 1 aliphatic heterocycles. The summed E-state index contributed by atoms with van der Waals surface area (Å²) in [4.78, 5) is 36.9. The zero-order chi connectivity index (χ0) is 22.7. The summed E-state index contributed by atoms with van der Waals surface area (Å²) in [5, 5.41) is 0. The van der Waals surface area contributed by atoms with Gasteiger partial charge in [0.05, 0.1) is 6.42 Å². The zero-order valence-electron chi connectivity index (χ0n) is 17.9. The van der Waals surface area contributed by atoms with Crippen LogP contribution in [0.2, 0.25) is 0 Å². The number of ketones is 2. The molecule has 0 N–H and O–H groups in total. The number of carbonyl (C=O) groups is 3. The van der Waals surface area contributed by atoms with Gasteiger partial charge in [-0.25, -0.2) is 0 Å². The first kappa shape index (κ1) is 21.4. The molecule has 1 aromatic heterocycles. The molecule has 3 aromatic rings. The molecule has 0 radical (unpaired) electrons. The molecule has 0 amide bonds. The second kappa shape index (κ2) is 9.09. The number of esters is 1. The maximum atomic E-state index is 12.7. The summed E-state index contributed by atoms with van der Waals surface area (Å²) in [5.41, 5.74) is 3.48. The van der Waals surface area contributed by atoms with E-state index in [4.69, 9.17) is 14.2 Å². The van der Waals surface area contributed by atoms with E-state index in [9.17, 15) is 14.4 Å². The minimum Gasteiger partial charge on any atom is -0.457 e. The van der Waals surface area contributed by atoms with Crippen LogP contribution in [0, 0.1) is 13.8 Å². The molecule has 0 atom stereocenters. The number of hydrogen-bond donors (Lipinski definition) is 0. The molecule has 2 aromatic carbocycles. The summed E-state index contributed by atoms with van der Waals surface area (Å²) in [6.45, 7) is 3.55. The van der Waals surface area contributed by atoms with Crippen molar-refractivity contribution in [2.24, 2.45) is 0 Å².